The number of nitrogens with zero attached hydrogens (tertiary/aromatic N) is 1. The Bertz CT molecular complexity index is 1210. The predicted octanol–water partition coefficient (Wildman–Crippen LogP) is 3.27. The summed E-state index contributed by atoms with van der Waals surface area (Å²) >= 11 is 0. The molecule has 10 nitrogen and oxygen atoms in total. The highest BCUT2D eigenvalue weighted by molar-refractivity contribution is 5.99. The van der Waals surface area contributed by atoms with E-state index in [0.29, 0.717) is 23.8 Å². The molecule has 0 fully saturated rings. The molecule has 3 N–H and O–H groups in total. The minimum Gasteiger partial charge on any atom is -0.492 e. The smallest absolute Gasteiger partial charge is 0.255 e. The monoisotopic (exact) mass is 580 g/mol. The molecule has 2 aromatic carbocycles. The SMILES string of the molecule is CC(C)C[C@@H]1NC(=O)CC[C@@H](C(=O)NCCOc2ccc(C(C)C)cc2)NC(=O)c2ccccc2OCCN(C)C1=O. The molecule has 1 aliphatic heterocycles. The molecule has 0 aliphatic carbocycles. The van der Waals surface area contributed by atoms with E-state index in [1.807, 2.05) is 38.1 Å². The quantitative estimate of drug-likeness (QED) is 0.412. The van der Waals surface area contributed by atoms with E-state index in [9.17, 15) is 19.2 Å². The highest BCUT2D eigenvalue weighted by atomic mass is 16.5. The maximum atomic E-state index is 13.3. The second-order valence-corrected chi connectivity index (χ2v) is 11.3. The van der Waals surface area contributed by atoms with E-state index >= 15 is 0 Å². The normalized spacial score (nSPS) is 18.7. The summed E-state index contributed by atoms with van der Waals surface area (Å²) in [5, 5.41) is 8.40. The van der Waals surface area contributed by atoms with Crippen LogP contribution in [0.25, 0.3) is 0 Å². The number of ether oxygens (including phenoxy) is 2. The standard InChI is InChI=1S/C32H44N4O6/c1-21(2)20-27-32(40)36(5)17-19-42-28-9-7-6-8-25(28)30(38)35-26(14-15-29(37)34-27)31(39)33-16-18-41-24-12-10-23(11-13-24)22(3)4/h6-13,21-22,26-27H,14-20H2,1-5H3,(H,33,39)(H,34,37)(H,35,38)/t26-,27-/m0/s1. The summed E-state index contributed by atoms with van der Waals surface area (Å²) in [7, 11) is 1.66. The van der Waals surface area contributed by atoms with Crippen molar-refractivity contribution in [2.24, 2.45) is 5.92 Å². The van der Waals surface area contributed by atoms with Gasteiger partial charge in [0, 0.05) is 13.5 Å². The van der Waals surface area contributed by atoms with Gasteiger partial charge >= 0.3 is 0 Å². The van der Waals surface area contributed by atoms with Crippen LogP contribution in [-0.4, -0.2) is 74.0 Å². The molecular weight excluding hydrogens is 536 g/mol. The van der Waals surface area contributed by atoms with Gasteiger partial charge in [0.15, 0.2) is 0 Å². The summed E-state index contributed by atoms with van der Waals surface area (Å²) in [5.41, 5.74) is 1.47. The number of amides is 4. The Kier molecular flexibility index (Phi) is 12.2. The Balaban J connectivity index is 1.71. The van der Waals surface area contributed by atoms with Gasteiger partial charge in [-0.15, -0.1) is 0 Å². The van der Waals surface area contributed by atoms with Crippen molar-refractivity contribution in [3.8, 4) is 11.5 Å². The molecule has 0 unspecified atom stereocenters. The van der Waals surface area contributed by atoms with Crippen LogP contribution in [0.4, 0.5) is 0 Å². The Morgan fingerprint density at radius 1 is 1.05 bits per heavy atom. The maximum absolute atomic E-state index is 13.3. The van der Waals surface area contributed by atoms with Crippen LogP contribution in [0.1, 0.15) is 68.8 Å². The Morgan fingerprint density at radius 3 is 2.45 bits per heavy atom. The average molecular weight is 581 g/mol. The molecule has 228 valence electrons. The fourth-order valence-corrected chi connectivity index (χ4v) is 4.60. The third-order valence-corrected chi connectivity index (χ3v) is 7.03. The molecule has 1 aliphatic rings. The molecule has 0 radical (unpaired) electrons. The van der Waals surface area contributed by atoms with Crippen molar-refractivity contribution in [3.63, 3.8) is 0 Å². The second kappa shape index (κ2) is 15.8. The first-order valence-electron chi connectivity index (χ1n) is 14.6. The van der Waals surface area contributed by atoms with E-state index in [4.69, 9.17) is 9.47 Å². The highest BCUT2D eigenvalue weighted by Gasteiger charge is 2.28. The number of rotatable bonds is 8. The molecule has 42 heavy (non-hydrogen) atoms. The van der Waals surface area contributed by atoms with Gasteiger partial charge in [0.1, 0.15) is 36.8 Å². The van der Waals surface area contributed by atoms with Crippen LogP contribution < -0.4 is 25.4 Å². The average Bonchev–Trinajstić information content (AvgIpc) is 2.96. The van der Waals surface area contributed by atoms with E-state index in [2.05, 4.69) is 29.8 Å². The first kappa shape index (κ1) is 32.4. The largest absolute Gasteiger partial charge is 0.492 e. The van der Waals surface area contributed by atoms with Gasteiger partial charge in [-0.3, -0.25) is 19.2 Å². The van der Waals surface area contributed by atoms with Crippen molar-refractivity contribution in [1.29, 1.82) is 0 Å². The molecule has 2 aromatic rings. The molecule has 0 spiro atoms. The van der Waals surface area contributed by atoms with Crippen molar-refractivity contribution < 1.29 is 28.7 Å². The molecule has 0 saturated carbocycles. The van der Waals surface area contributed by atoms with E-state index < -0.39 is 23.9 Å². The van der Waals surface area contributed by atoms with Crippen molar-refractivity contribution in [1.82, 2.24) is 20.9 Å². The van der Waals surface area contributed by atoms with Crippen LogP contribution in [0, 0.1) is 5.92 Å². The number of benzene rings is 2. The number of hydrogen-bond acceptors (Lipinski definition) is 6. The van der Waals surface area contributed by atoms with Gasteiger partial charge in [0.25, 0.3) is 5.91 Å². The first-order valence-corrected chi connectivity index (χ1v) is 14.6. The molecule has 1 heterocycles. The lowest BCUT2D eigenvalue weighted by Gasteiger charge is -2.26. The van der Waals surface area contributed by atoms with Crippen molar-refractivity contribution in [3.05, 3.63) is 59.7 Å². The lowest BCUT2D eigenvalue weighted by molar-refractivity contribution is -0.136. The summed E-state index contributed by atoms with van der Waals surface area (Å²) in [6, 6.07) is 12.8. The summed E-state index contributed by atoms with van der Waals surface area (Å²) in [5.74, 6) is 0.111. The van der Waals surface area contributed by atoms with Gasteiger partial charge in [-0.2, -0.15) is 0 Å². The summed E-state index contributed by atoms with van der Waals surface area (Å²) in [6.07, 6.45) is 0.461. The number of carbonyl (C=O) groups excluding carboxylic acids is 4. The summed E-state index contributed by atoms with van der Waals surface area (Å²) in [4.78, 5) is 54.0. The molecule has 0 bridgehead atoms. The van der Waals surface area contributed by atoms with Gasteiger partial charge in [0.2, 0.25) is 17.7 Å². The van der Waals surface area contributed by atoms with Crippen molar-refractivity contribution in [2.75, 3.05) is 33.4 Å². The van der Waals surface area contributed by atoms with Gasteiger partial charge in [-0.05, 0) is 54.5 Å². The molecule has 4 amide bonds. The molecule has 3 rings (SSSR count). The fraction of sp³-hybridized carbons (Fsp3) is 0.500. The Morgan fingerprint density at radius 2 is 1.76 bits per heavy atom. The third kappa shape index (κ3) is 9.78. The zero-order valence-corrected chi connectivity index (χ0v) is 25.3. The number of nitrogens with one attached hydrogen (secondary N) is 3. The van der Waals surface area contributed by atoms with Crippen LogP contribution in [-0.2, 0) is 14.4 Å². The van der Waals surface area contributed by atoms with Crippen LogP contribution in [0.5, 0.6) is 11.5 Å². The van der Waals surface area contributed by atoms with E-state index in [1.165, 1.54) is 10.5 Å². The van der Waals surface area contributed by atoms with Gasteiger partial charge < -0.3 is 30.3 Å². The number of likely N-dealkylation sites (N-methyl/N-ethyl adjacent to an activating group) is 1. The van der Waals surface area contributed by atoms with Crippen LogP contribution >= 0.6 is 0 Å². The molecule has 0 aromatic heterocycles. The topological polar surface area (TPSA) is 126 Å². The van der Waals surface area contributed by atoms with Gasteiger partial charge in [-0.25, -0.2) is 0 Å². The first-order chi connectivity index (χ1) is 20.0. The number of carbonyl (C=O) groups is 4. The van der Waals surface area contributed by atoms with Crippen molar-refractivity contribution in [2.45, 2.75) is 65.0 Å². The number of hydrogen-bond donors (Lipinski definition) is 3. The second-order valence-electron chi connectivity index (χ2n) is 11.3. The van der Waals surface area contributed by atoms with Crippen LogP contribution in [0.3, 0.4) is 0 Å². The third-order valence-electron chi connectivity index (χ3n) is 7.03. The van der Waals surface area contributed by atoms with Gasteiger partial charge in [-0.1, -0.05) is 52.0 Å². The lowest BCUT2D eigenvalue weighted by atomic mass is 10.0. The van der Waals surface area contributed by atoms with E-state index in [-0.39, 0.29) is 62.4 Å². The zero-order valence-electron chi connectivity index (χ0n) is 25.3. The Labute approximate surface area is 248 Å². The predicted molar refractivity (Wildman–Crippen MR) is 160 cm³/mol. The molecule has 0 saturated heterocycles. The summed E-state index contributed by atoms with van der Waals surface area (Å²) in [6.45, 7) is 9.07. The minimum absolute atomic E-state index is 0.0440. The molecule has 2 atom stereocenters. The van der Waals surface area contributed by atoms with E-state index in [1.54, 1.807) is 31.3 Å². The highest BCUT2D eigenvalue weighted by Crippen LogP contribution is 2.20. The zero-order chi connectivity index (χ0) is 30.6. The Hall–Kier alpha value is -4.08. The molecule has 10 heteroatoms. The number of para-hydroxylation sites is 1. The fourth-order valence-electron chi connectivity index (χ4n) is 4.60. The van der Waals surface area contributed by atoms with Gasteiger partial charge in [0.05, 0.1) is 18.7 Å². The summed E-state index contributed by atoms with van der Waals surface area (Å²) < 4.78 is 11.6. The number of fused-ring (bicyclic) bond motifs is 1. The van der Waals surface area contributed by atoms with Crippen LogP contribution in [0.2, 0.25) is 0 Å². The van der Waals surface area contributed by atoms with Crippen LogP contribution in [0.15, 0.2) is 48.5 Å². The van der Waals surface area contributed by atoms with E-state index in [0.717, 1.165) is 0 Å². The lowest BCUT2D eigenvalue weighted by Crippen LogP contribution is -2.50. The molecular formula is C32H44N4O6. The maximum Gasteiger partial charge on any atom is 0.255 e. The van der Waals surface area contributed by atoms with Crippen molar-refractivity contribution >= 4 is 23.6 Å². The minimum atomic E-state index is -0.992.